The second-order valence-corrected chi connectivity index (χ2v) is 8.50. The van der Waals surface area contributed by atoms with Crippen molar-refractivity contribution in [3.8, 4) is 22.5 Å². The quantitative estimate of drug-likeness (QED) is 0.306. The Labute approximate surface area is 162 Å². The van der Waals surface area contributed by atoms with Gasteiger partial charge in [0.15, 0.2) is 0 Å². The first-order valence-corrected chi connectivity index (χ1v) is 9.86. The lowest BCUT2D eigenvalue weighted by molar-refractivity contribution is 0.519. The van der Waals surface area contributed by atoms with Crippen LogP contribution in [-0.4, -0.2) is 19.0 Å². The van der Waals surface area contributed by atoms with Gasteiger partial charge >= 0.3 is 0 Å². The first-order chi connectivity index (χ1) is 12.1. The molecule has 2 heterocycles. The van der Waals surface area contributed by atoms with Crippen molar-refractivity contribution in [3.63, 3.8) is 0 Å². The van der Waals surface area contributed by atoms with Gasteiger partial charge in [-0.05, 0) is 32.4 Å². The smallest absolute Gasteiger partial charge is 0.121 e. The molecule has 0 saturated carbocycles. The zero-order valence-electron chi connectivity index (χ0n) is 14.6. The van der Waals surface area contributed by atoms with Gasteiger partial charge in [-0.15, -0.1) is 5.10 Å². The predicted molar refractivity (Wildman–Crippen MR) is 111 cm³/mol. The Morgan fingerprint density at radius 1 is 0.960 bits per heavy atom. The Morgan fingerprint density at radius 3 is 2.36 bits per heavy atom. The van der Waals surface area contributed by atoms with Crippen LogP contribution in [0.2, 0.25) is 0 Å². The summed E-state index contributed by atoms with van der Waals surface area (Å²) in [4.78, 5) is 2.45. The van der Waals surface area contributed by atoms with Crippen molar-refractivity contribution in [2.24, 2.45) is 0 Å². The third-order valence-corrected chi connectivity index (χ3v) is 5.37. The van der Waals surface area contributed by atoms with Crippen LogP contribution in [0.4, 0.5) is 5.69 Å². The molecule has 0 spiro atoms. The molecule has 0 aliphatic carbocycles. The summed E-state index contributed by atoms with van der Waals surface area (Å²) in [6, 6.07) is 17.4. The summed E-state index contributed by atoms with van der Waals surface area (Å²) >= 11 is 2.50. The van der Waals surface area contributed by atoms with Gasteiger partial charge in [0.25, 0.3) is 0 Å². The molecule has 128 valence electrons. The Balaban J connectivity index is 2.09. The zero-order chi connectivity index (χ0) is 17.6. The average molecular weight is 444 g/mol. The largest absolute Gasteiger partial charge is 0.355 e. The lowest BCUT2D eigenvalue weighted by Crippen LogP contribution is -2.29. The Bertz CT molecular complexity index is 914. The van der Waals surface area contributed by atoms with Crippen molar-refractivity contribution < 1.29 is 0 Å². The van der Waals surface area contributed by atoms with E-state index < -0.39 is 0 Å². The topological polar surface area (TPSA) is 34.0 Å². The maximum Gasteiger partial charge on any atom is 0.121 e. The summed E-state index contributed by atoms with van der Waals surface area (Å²) in [5.41, 5.74) is 7.01. The van der Waals surface area contributed by atoms with Crippen LogP contribution in [0.3, 0.4) is 0 Å². The van der Waals surface area contributed by atoms with Crippen molar-refractivity contribution in [3.05, 3.63) is 54.1 Å². The molecule has 3 aromatic rings. The van der Waals surface area contributed by atoms with E-state index in [1.54, 1.807) is 0 Å². The van der Waals surface area contributed by atoms with Gasteiger partial charge in [0.2, 0.25) is 0 Å². The predicted octanol–water partition coefficient (Wildman–Crippen LogP) is 5.29. The molecular formula is C20H21IN4. The number of aromatic nitrogens is 3. The molecule has 1 aliphatic rings. The molecule has 0 N–H and O–H groups in total. The molecule has 2 aromatic carbocycles. The van der Waals surface area contributed by atoms with Crippen LogP contribution in [0.5, 0.6) is 0 Å². The van der Waals surface area contributed by atoms with Gasteiger partial charge in [-0.1, -0.05) is 70.3 Å². The van der Waals surface area contributed by atoms with E-state index in [4.69, 9.17) is 0 Å². The van der Waals surface area contributed by atoms with Crippen LogP contribution >= 0.6 is 22.6 Å². The molecule has 25 heavy (non-hydrogen) atoms. The molecule has 5 heteroatoms. The fourth-order valence-corrected chi connectivity index (χ4v) is 3.98. The fraction of sp³-hybridized carbons (Fsp3) is 0.300. The molecule has 0 amide bonds. The SMILES string of the molecule is CC(I)N1Cc2ccccc2-c2nnn(C(C)C)c2-c2ccccc21. The summed E-state index contributed by atoms with van der Waals surface area (Å²) in [5.74, 6) is 0. The van der Waals surface area contributed by atoms with Crippen molar-refractivity contribution >= 4 is 28.3 Å². The first kappa shape index (κ1) is 16.6. The summed E-state index contributed by atoms with van der Waals surface area (Å²) in [6.07, 6.45) is 0. The molecular weight excluding hydrogens is 423 g/mol. The van der Waals surface area contributed by atoms with Gasteiger partial charge in [0.1, 0.15) is 5.69 Å². The Morgan fingerprint density at radius 2 is 1.64 bits per heavy atom. The van der Waals surface area contributed by atoms with Crippen molar-refractivity contribution in [1.82, 2.24) is 15.0 Å². The molecule has 0 fully saturated rings. The van der Waals surface area contributed by atoms with E-state index in [9.17, 15) is 0 Å². The number of nitrogens with zero attached hydrogens (tertiary/aromatic N) is 4. The van der Waals surface area contributed by atoms with Crippen molar-refractivity contribution in [2.45, 2.75) is 37.4 Å². The third-order valence-electron chi connectivity index (χ3n) is 4.69. The molecule has 1 aliphatic heterocycles. The van der Waals surface area contributed by atoms with Crippen molar-refractivity contribution in [2.75, 3.05) is 4.90 Å². The van der Waals surface area contributed by atoms with Crippen LogP contribution < -0.4 is 4.90 Å². The minimum Gasteiger partial charge on any atom is -0.355 e. The Hall–Kier alpha value is -1.89. The highest BCUT2D eigenvalue weighted by atomic mass is 127. The normalized spacial score (nSPS) is 14.4. The summed E-state index contributed by atoms with van der Waals surface area (Å²) in [7, 11) is 0. The zero-order valence-corrected chi connectivity index (χ0v) is 16.8. The average Bonchev–Trinajstić information content (AvgIpc) is 3.03. The van der Waals surface area contributed by atoms with E-state index in [-0.39, 0.29) is 6.04 Å². The molecule has 1 unspecified atom stereocenters. The van der Waals surface area contributed by atoms with Gasteiger partial charge < -0.3 is 4.90 Å². The van der Waals surface area contributed by atoms with E-state index in [0.717, 1.165) is 17.9 Å². The summed E-state index contributed by atoms with van der Waals surface area (Å²) < 4.78 is 2.42. The number of halogens is 1. The molecule has 0 bridgehead atoms. The van der Waals surface area contributed by atoms with E-state index in [0.29, 0.717) is 4.05 Å². The number of para-hydroxylation sites is 1. The van der Waals surface area contributed by atoms with Crippen molar-refractivity contribution in [1.29, 1.82) is 0 Å². The highest BCUT2D eigenvalue weighted by Crippen LogP contribution is 2.42. The maximum atomic E-state index is 4.58. The maximum absolute atomic E-state index is 4.58. The van der Waals surface area contributed by atoms with Crippen LogP contribution in [0.25, 0.3) is 22.5 Å². The second-order valence-electron chi connectivity index (χ2n) is 6.70. The van der Waals surface area contributed by atoms with E-state index in [2.05, 4.69) is 107 Å². The number of fused-ring (bicyclic) bond motifs is 5. The molecule has 0 saturated heterocycles. The van der Waals surface area contributed by atoms with Gasteiger partial charge in [0, 0.05) is 29.4 Å². The molecule has 4 rings (SSSR count). The van der Waals surface area contributed by atoms with Gasteiger partial charge in [-0.3, -0.25) is 0 Å². The van der Waals surface area contributed by atoms with Gasteiger partial charge in [0.05, 0.1) is 9.74 Å². The van der Waals surface area contributed by atoms with Gasteiger partial charge in [-0.25, -0.2) is 4.68 Å². The van der Waals surface area contributed by atoms with E-state index >= 15 is 0 Å². The fourth-order valence-electron chi connectivity index (χ4n) is 3.49. The lowest BCUT2D eigenvalue weighted by Gasteiger charge is -2.32. The molecule has 1 aromatic heterocycles. The Kier molecular flexibility index (Phi) is 4.27. The number of benzene rings is 2. The first-order valence-electron chi connectivity index (χ1n) is 8.61. The monoisotopic (exact) mass is 444 g/mol. The summed E-state index contributed by atoms with van der Waals surface area (Å²) in [6.45, 7) is 7.41. The lowest BCUT2D eigenvalue weighted by atomic mass is 9.95. The second kappa shape index (κ2) is 6.44. The molecule has 0 radical (unpaired) electrons. The van der Waals surface area contributed by atoms with Crippen LogP contribution in [0.15, 0.2) is 48.5 Å². The number of alkyl halides is 1. The van der Waals surface area contributed by atoms with Crippen LogP contribution in [0, 0.1) is 0 Å². The third kappa shape index (κ3) is 2.74. The number of hydrogen-bond acceptors (Lipinski definition) is 3. The highest BCUT2D eigenvalue weighted by molar-refractivity contribution is 14.1. The van der Waals surface area contributed by atoms with E-state index in [1.165, 1.54) is 22.4 Å². The number of rotatable bonds is 2. The minimum absolute atomic E-state index is 0.251. The van der Waals surface area contributed by atoms with Gasteiger partial charge in [-0.2, -0.15) is 0 Å². The molecule has 1 atom stereocenters. The minimum atomic E-state index is 0.251. The number of anilines is 1. The highest BCUT2D eigenvalue weighted by Gasteiger charge is 2.28. The number of hydrogen-bond donors (Lipinski definition) is 0. The van der Waals surface area contributed by atoms with E-state index in [1.807, 2.05) is 4.68 Å². The summed E-state index contributed by atoms with van der Waals surface area (Å²) in [5, 5.41) is 9.08. The van der Waals surface area contributed by atoms with Crippen LogP contribution in [0.1, 0.15) is 32.4 Å². The standard InChI is InChI=1S/C20H21IN4/c1-13(2)25-20-17-10-6-7-11-18(17)24(14(3)21)12-15-8-4-5-9-16(15)19(20)22-23-25/h4-11,13-14H,12H2,1-3H3. The van der Waals surface area contributed by atoms with Crippen LogP contribution in [-0.2, 0) is 6.54 Å². The molecule has 4 nitrogen and oxygen atoms in total.